The molecule has 0 bridgehead atoms. The van der Waals surface area contributed by atoms with Crippen LogP contribution >= 0.6 is 22.9 Å². The average molecular weight is 323 g/mol. The van der Waals surface area contributed by atoms with Crippen molar-refractivity contribution in [2.75, 3.05) is 19.7 Å². The third-order valence-corrected chi connectivity index (χ3v) is 4.85. The molecule has 1 aromatic carbocycles. The molecule has 0 spiro atoms. The Balaban J connectivity index is 1.82. The first-order chi connectivity index (χ1) is 10.3. The molecule has 1 aliphatic rings. The summed E-state index contributed by atoms with van der Waals surface area (Å²) in [7, 11) is 0. The summed E-state index contributed by atoms with van der Waals surface area (Å²) in [6.07, 6.45) is 0.314. The number of aromatic nitrogens is 1. The molecular formula is C16H19ClN2OS. The zero-order chi connectivity index (χ0) is 14.7. The van der Waals surface area contributed by atoms with Gasteiger partial charge < -0.3 is 4.74 Å². The molecule has 2 heterocycles. The molecule has 112 valence electrons. The van der Waals surface area contributed by atoms with Crippen molar-refractivity contribution in [3.05, 3.63) is 40.9 Å². The maximum atomic E-state index is 5.86. The topological polar surface area (TPSA) is 25.4 Å². The number of nitrogens with zero attached hydrogens (tertiary/aromatic N) is 2. The van der Waals surface area contributed by atoms with E-state index in [9.17, 15) is 0 Å². The van der Waals surface area contributed by atoms with Gasteiger partial charge in [0.05, 0.1) is 24.3 Å². The second-order valence-corrected chi connectivity index (χ2v) is 6.48. The van der Waals surface area contributed by atoms with Crippen LogP contribution < -0.4 is 0 Å². The van der Waals surface area contributed by atoms with Crippen LogP contribution in [0, 0.1) is 0 Å². The molecule has 0 aliphatic carbocycles. The maximum absolute atomic E-state index is 5.86. The lowest BCUT2D eigenvalue weighted by Gasteiger charge is -2.31. The first-order valence-corrected chi connectivity index (χ1v) is 8.60. The van der Waals surface area contributed by atoms with Gasteiger partial charge in [-0.25, -0.2) is 4.98 Å². The van der Waals surface area contributed by atoms with Gasteiger partial charge in [0.15, 0.2) is 0 Å². The molecular weight excluding hydrogens is 304 g/mol. The minimum absolute atomic E-state index is 0.314. The van der Waals surface area contributed by atoms with Crippen molar-refractivity contribution in [1.82, 2.24) is 9.88 Å². The highest BCUT2D eigenvalue weighted by molar-refractivity contribution is 7.13. The van der Waals surface area contributed by atoms with Gasteiger partial charge in [-0.3, -0.25) is 4.90 Å². The number of benzene rings is 1. The summed E-state index contributed by atoms with van der Waals surface area (Å²) in [5.74, 6) is 0.472. The molecule has 3 rings (SSSR count). The van der Waals surface area contributed by atoms with Crippen molar-refractivity contribution in [3.63, 3.8) is 0 Å². The Kier molecular flexibility index (Phi) is 4.91. The number of thiazole rings is 1. The van der Waals surface area contributed by atoms with Crippen LogP contribution in [0.3, 0.4) is 0 Å². The van der Waals surface area contributed by atoms with Gasteiger partial charge in [-0.2, -0.15) is 0 Å². The van der Waals surface area contributed by atoms with Crippen molar-refractivity contribution in [1.29, 1.82) is 0 Å². The fourth-order valence-corrected chi connectivity index (χ4v) is 3.74. The first-order valence-electron chi connectivity index (χ1n) is 7.19. The monoisotopic (exact) mass is 322 g/mol. The fourth-order valence-electron chi connectivity index (χ4n) is 2.63. The third-order valence-electron chi connectivity index (χ3n) is 3.66. The van der Waals surface area contributed by atoms with E-state index < -0.39 is 0 Å². The van der Waals surface area contributed by atoms with Crippen molar-refractivity contribution >= 4 is 22.9 Å². The Morgan fingerprint density at radius 1 is 1.43 bits per heavy atom. The van der Waals surface area contributed by atoms with E-state index >= 15 is 0 Å². The molecule has 0 amide bonds. The maximum Gasteiger partial charge on any atom is 0.123 e. The van der Waals surface area contributed by atoms with E-state index in [-0.39, 0.29) is 0 Å². The van der Waals surface area contributed by atoms with Crippen molar-refractivity contribution in [2.24, 2.45) is 0 Å². The molecule has 0 N–H and O–H groups in total. The van der Waals surface area contributed by atoms with Gasteiger partial charge in [-0.1, -0.05) is 24.3 Å². The molecule has 0 radical (unpaired) electrons. The molecule has 1 unspecified atom stereocenters. The highest BCUT2D eigenvalue weighted by Gasteiger charge is 2.18. The zero-order valence-corrected chi connectivity index (χ0v) is 13.7. The van der Waals surface area contributed by atoms with Crippen LogP contribution in [0.2, 0.25) is 0 Å². The molecule has 1 saturated heterocycles. The largest absolute Gasteiger partial charge is 0.376 e. The predicted molar refractivity (Wildman–Crippen MR) is 87.8 cm³/mol. The lowest BCUT2D eigenvalue weighted by Crippen LogP contribution is -2.40. The molecule has 1 aliphatic heterocycles. The quantitative estimate of drug-likeness (QED) is 0.801. The minimum atomic E-state index is 0.314. The number of ether oxygens (including phenoxy) is 1. The van der Waals surface area contributed by atoms with Crippen molar-refractivity contribution in [2.45, 2.75) is 25.5 Å². The summed E-state index contributed by atoms with van der Waals surface area (Å²) >= 11 is 7.53. The highest BCUT2D eigenvalue weighted by atomic mass is 35.5. The van der Waals surface area contributed by atoms with Crippen LogP contribution in [-0.4, -0.2) is 35.7 Å². The van der Waals surface area contributed by atoms with Gasteiger partial charge in [0.25, 0.3) is 0 Å². The molecule has 5 heteroatoms. The Hall–Kier alpha value is -0.940. The van der Waals surface area contributed by atoms with Crippen LogP contribution in [0.5, 0.6) is 0 Å². The van der Waals surface area contributed by atoms with Crippen molar-refractivity contribution in [3.8, 4) is 10.6 Å². The molecule has 3 nitrogen and oxygen atoms in total. The summed E-state index contributed by atoms with van der Waals surface area (Å²) in [6.45, 7) is 5.87. The van der Waals surface area contributed by atoms with Crippen LogP contribution in [0.15, 0.2) is 29.6 Å². The van der Waals surface area contributed by atoms with Crippen LogP contribution in [0.25, 0.3) is 10.6 Å². The first kappa shape index (κ1) is 15.0. The third kappa shape index (κ3) is 3.64. The summed E-state index contributed by atoms with van der Waals surface area (Å²) in [4.78, 5) is 7.06. The van der Waals surface area contributed by atoms with Gasteiger partial charge in [-0.05, 0) is 12.5 Å². The summed E-state index contributed by atoms with van der Waals surface area (Å²) < 4.78 is 5.61. The van der Waals surface area contributed by atoms with E-state index in [1.54, 1.807) is 11.3 Å². The van der Waals surface area contributed by atoms with E-state index in [2.05, 4.69) is 41.1 Å². The predicted octanol–water partition coefficient (Wildman–Crippen LogP) is 3.77. The number of rotatable bonds is 4. The standard InChI is InChI=1S/C16H19ClN2OS/c1-12-9-19(6-7-20-12)10-13-4-2-3-5-15(13)16-18-14(8-17)11-21-16/h2-5,11-12H,6-10H2,1H3. The lowest BCUT2D eigenvalue weighted by molar-refractivity contribution is -0.0211. The Morgan fingerprint density at radius 2 is 2.29 bits per heavy atom. The van der Waals surface area contributed by atoms with Gasteiger partial charge in [0.1, 0.15) is 5.01 Å². The number of hydrogen-bond donors (Lipinski definition) is 0. The lowest BCUT2D eigenvalue weighted by atomic mass is 10.1. The van der Waals surface area contributed by atoms with E-state index in [0.29, 0.717) is 12.0 Å². The second-order valence-electron chi connectivity index (χ2n) is 5.35. The highest BCUT2D eigenvalue weighted by Crippen LogP contribution is 2.28. The van der Waals surface area contributed by atoms with E-state index in [0.717, 1.165) is 36.9 Å². The molecule has 21 heavy (non-hydrogen) atoms. The van der Waals surface area contributed by atoms with E-state index in [1.165, 1.54) is 11.1 Å². The normalized spacial score (nSPS) is 19.8. The zero-order valence-electron chi connectivity index (χ0n) is 12.1. The van der Waals surface area contributed by atoms with Crippen LogP contribution in [0.4, 0.5) is 0 Å². The smallest absolute Gasteiger partial charge is 0.123 e. The van der Waals surface area contributed by atoms with Gasteiger partial charge in [0.2, 0.25) is 0 Å². The van der Waals surface area contributed by atoms with Gasteiger partial charge >= 0.3 is 0 Å². The van der Waals surface area contributed by atoms with Crippen LogP contribution in [0.1, 0.15) is 18.2 Å². The second kappa shape index (κ2) is 6.88. The summed E-state index contributed by atoms with van der Waals surface area (Å²) in [6, 6.07) is 8.51. The number of morpholine rings is 1. The molecule has 1 aromatic heterocycles. The van der Waals surface area contributed by atoms with E-state index in [1.807, 2.05) is 5.38 Å². The van der Waals surface area contributed by atoms with Gasteiger partial charge in [0, 0.05) is 30.6 Å². The molecule has 0 saturated carbocycles. The minimum Gasteiger partial charge on any atom is -0.376 e. The Bertz CT molecular complexity index is 601. The molecule has 2 aromatic rings. The fraction of sp³-hybridized carbons (Fsp3) is 0.438. The Morgan fingerprint density at radius 3 is 3.05 bits per heavy atom. The summed E-state index contributed by atoms with van der Waals surface area (Å²) in [5.41, 5.74) is 3.49. The molecule has 1 atom stereocenters. The number of hydrogen-bond acceptors (Lipinski definition) is 4. The number of halogens is 1. The van der Waals surface area contributed by atoms with E-state index in [4.69, 9.17) is 16.3 Å². The SMILES string of the molecule is CC1CN(Cc2ccccc2-c2nc(CCl)cs2)CCO1. The van der Waals surface area contributed by atoms with Crippen LogP contribution in [-0.2, 0) is 17.2 Å². The summed E-state index contributed by atoms with van der Waals surface area (Å²) in [5, 5.41) is 3.10. The average Bonchev–Trinajstić information content (AvgIpc) is 2.97. The van der Waals surface area contributed by atoms with Gasteiger partial charge in [-0.15, -0.1) is 22.9 Å². The number of alkyl halides is 1. The van der Waals surface area contributed by atoms with Crippen molar-refractivity contribution < 1.29 is 4.74 Å². The Labute approximate surface area is 134 Å². The molecule has 1 fully saturated rings.